The molecule has 0 radical (unpaired) electrons. The molecule has 4 rings (SSSR count). The zero-order chi connectivity index (χ0) is 23.2. The Hall–Kier alpha value is -3.04. The van der Waals surface area contributed by atoms with Crippen molar-refractivity contribution < 1.29 is 14.0 Å². The number of carbonyl (C=O) groups is 2. The number of fused-ring (bicyclic) bond motifs is 1. The van der Waals surface area contributed by atoms with Crippen LogP contribution in [0.4, 0.5) is 10.1 Å². The average Bonchev–Trinajstić information content (AvgIpc) is 3.23. The van der Waals surface area contributed by atoms with Gasteiger partial charge in [-0.2, -0.15) is 0 Å². The second-order valence-corrected chi connectivity index (χ2v) is 8.86. The molecule has 4 N–H and O–H groups in total. The quantitative estimate of drug-likeness (QED) is 0.465. The summed E-state index contributed by atoms with van der Waals surface area (Å²) in [5, 5.41) is 12.9. The largest absolute Gasteiger partial charge is 0.358 e. The topological polar surface area (TPSA) is 85.5 Å². The Morgan fingerprint density at radius 2 is 1.91 bits per heavy atom. The zero-order valence-corrected chi connectivity index (χ0v) is 19.0. The number of piperazine rings is 1. The van der Waals surface area contributed by atoms with Gasteiger partial charge in [-0.25, -0.2) is 4.39 Å². The number of thiocarbonyl (C=S) groups is 1. The van der Waals surface area contributed by atoms with Crippen LogP contribution in [-0.2, 0) is 16.1 Å². The van der Waals surface area contributed by atoms with E-state index in [0.717, 1.165) is 11.3 Å². The van der Waals surface area contributed by atoms with Crippen molar-refractivity contribution >= 4 is 34.8 Å². The molecule has 2 aromatic rings. The standard InChI is InChI=1S/C24H28FN5O2S/c25-17-8-6-16(7-9-17)13-26-22(31)11-10-20-14-27-23(32)21-12-19(15-30(20)21)29-24(33)28-18-4-2-1-3-5-18/h1-9,19-21H,10-15H2,(H,26,31)(H,27,32)(H2,28,29,33)/t19-,20+,21-/m0/s1. The van der Waals surface area contributed by atoms with Crippen molar-refractivity contribution in [1.29, 1.82) is 0 Å². The Kier molecular flexibility index (Phi) is 7.51. The van der Waals surface area contributed by atoms with Gasteiger partial charge in [-0.3, -0.25) is 14.5 Å². The van der Waals surface area contributed by atoms with Crippen molar-refractivity contribution in [2.75, 3.05) is 18.4 Å². The predicted molar refractivity (Wildman–Crippen MR) is 129 cm³/mol. The first kappa shape index (κ1) is 23.1. The smallest absolute Gasteiger partial charge is 0.237 e. The third-order valence-electron chi connectivity index (χ3n) is 6.10. The fourth-order valence-corrected chi connectivity index (χ4v) is 4.70. The Morgan fingerprint density at radius 3 is 2.67 bits per heavy atom. The number of amides is 2. The van der Waals surface area contributed by atoms with Gasteiger partial charge in [0.2, 0.25) is 11.8 Å². The first-order valence-electron chi connectivity index (χ1n) is 11.1. The monoisotopic (exact) mass is 469 g/mol. The van der Waals surface area contributed by atoms with E-state index < -0.39 is 0 Å². The third-order valence-corrected chi connectivity index (χ3v) is 6.32. The van der Waals surface area contributed by atoms with E-state index in [4.69, 9.17) is 12.2 Å². The number of nitrogens with one attached hydrogen (secondary N) is 4. The molecule has 0 aromatic heterocycles. The van der Waals surface area contributed by atoms with Gasteiger partial charge in [-0.1, -0.05) is 30.3 Å². The SMILES string of the molecule is O=C(CC[C@@H]1CNC(=O)[C@@H]2C[C@H](NC(=S)Nc3ccccc3)CN12)NCc1ccc(F)cc1. The molecule has 174 valence electrons. The predicted octanol–water partition coefficient (Wildman–Crippen LogP) is 2.15. The highest BCUT2D eigenvalue weighted by molar-refractivity contribution is 7.80. The van der Waals surface area contributed by atoms with Crippen LogP contribution in [0.3, 0.4) is 0 Å². The number of anilines is 1. The van der Waals surface area contributed by atoms with Gasteiger partial charge in [-0.15, -0.1) is 0 Å². The minimum atomic E-state index is -0.297. The minimum Gasteiger partial charge on any atom is -0.358 e. The molecule has 2 saturated heterocycles. The van der Waals surface area contributed by atoms with Gasteiger partial charge in [0.25, 0.3) is 0 Å². The third kappa shape index (κ3) is 6.27. The van der Waals surface area contributed by atoms with Gasteiger partial charge in [0.1, 0.15) is 5.82 Å². The van der Waals surface area contributed by atoms with Crippen LogP contribution >= 0.6 is 12.2 Å². The first-order valence-corrected chi connectivity index (χ1v) is 11.6. The summed E-state index contributed by atoms with van der Waals surface area (Å²) < 4.78 is 13.0. The van der Waals surface area contributed by atoms with E-state index in [1.54, 1.807) is 12.1 Å². The second-order valence-electron chi connectivity index (χ2n) is 8.45. The molecular weight excluding hydrogens is 441 g/mol. The van der Waals surface area contributed by atoms with Gasteiger partial charge in [0.15, 0.2) is 5.11 Å². The lowest BCUT2D eigenvalue weighted by Crippen LogP contribution is -2.58. The normalized spacial score (nSPS) is 22.2. The van der Waals surface area contributed by atoms with E-state index >= 15 is 0 Å². The maximum Gasteiger partial charge on any atom is 0.237 e. The van der Waals surface area contributed by atoms with Gasteiger partial charge >= 0.3 is 0 Å². The highest BCUT2D eigenvalue weighted by atomic mass is 32.1. The molecule has 2 amide bonds. The molecule has 0 bridgehead atoms. The Balaban J connectivity index is 1.25. The van der Waals surface area contributed by atoms with E-state index in [-0.39, 0.29) is 35.8 Å². The van der Waals surface area contributed by atoms with Gasteiger partial charge in [0, 0.05) is 43.8 Å². The lowest BCUT2D eigenvalue weighted by molar-refractivity contribution is -0.129. The van der Waals surface area contributed by atoms with Crippen molar-refractivity contribution in [2.24, 2.45) is 0 Å². The molecular formula is C24H28FN5O2S. The number of hydrogen-bond acceptors (Lipinski definition) is 4. The van der Waals surface area contributed by atoms with Crippen LogP contribution in [0.25, 0.3) is 0 Å². The van der Waals surface area contributed by atoms with Crippen molar-refractivity contribution in [3.8, 4) is 0 Å². The van der Waals surface area contributed by atoms with Crippen LogP contribution in [0.1, 0.15) is 24.8 Å². The number of benzene rings is 2. The van der Waals surface area contributed by atoms with Crippen LogP contribution in [0.5, 0.6) is 0 Å². The molecule has 3 atom stereocenters. The number of para-hydroxylation sites is 1. The average molecular weight is 470 g/mol. The molecule has 0 saturated carbocycles. The van der Waals surface area contributed by atoms with Gasteiger partial charge in [0.05, 0.1) is 6.04 Å². The Morgan fingerprint density at radius 1 is 1.15 bits per heavy atom. The summed E-state index contributed by atoms with van der Waals surface area (Å²) in [6.07, 6.45) is 1.66. The second kappa shape index (κ2) is 10.7. The summed E-state index contributed by atoms with van der Waals surface area (Å²) in [5.74, 6) is -0.331. The fourth-order valence-electron chi connectivity index (χ4n) is 4.41. The lowest BCUT2D eigenvalue weighted by Gasteiger charge is -2.37. The first-order chi connectivity index (χ1) is 16.0. The Bertz CT molecular complexity index is 988. The van der Waals surface area contributed by atoms with Gasteiger partial charge in [-0.05, 0) is 54.9 Å². The van der Waals surface area contributed by atoms with Crippen molar-refractivity contribution in [1.82, 2.24) is 20.9 Å². The molecule has 2 aliphatic rings. The number of hydrogen-bond donors (Lipinski definition) is 4. The van der Waals surface area contributed by atoms with Crippen molar-refractivity contribution in [3.63, 3.8) is 0 Å². The molecule has 2 aromatic carbocycles. The van der Waals surface area contributed by atoms with E-state index in [1.165, 1.54) is 12.1 Å². The molecule has 0 spiro atoms. The molecule has 9 heteroatoms. The summed E-state index contributed by atoms with van der Waals surface area (Å²) in [4.78, 5) is 27.0. The van der Waals surface area contributed by atoms with Crippen LogP contribution in [0, 0.1) is 5.82 Å². The molecule has 33 heavy (non-hydrogen) atoms. The van der Waals surface area contributed by atoms with E-state index in [1.807, 2.05) is 30.3 Å². The van der Waals surface area contributed by atoms with Crippen LogP contribution in [0.15, 0.2) is 54.6 Å². The van der Waals surface area contributed by atoms with E-state index in [9.17, 15) is 14.0 Å². The highest BCUT2D eigenvalue weighted by Crippen LogP contribution is 2.26. The minimum absolute atomic E-state index is 0.0262. The van der Waals surface area contributed by atoms with Crippen molar-refractivity contribution in [2.45, 2.75) is 43.9 Å². The van der Waals surface area contributed by atoms with Gasteiger partial charge < -0.3 is 21.3 Å². The highest BCUT2D eigenvalue weighted by Gasteiger charge is 2.43. The molecule has 2 fully saturated rings. The summed E-state index contributed by atoms with van der Waals surface area (Å²) in [5.41, 5.74) is 1.76. The zero-order valence-electron chi connectivity index (χ0n) is 18.2. The van der Waals surface area contributed by atoms with Crippen LogP contribution < -0.4 is 21.3 Å². The number of nitrogens with zero attached hydrogens (tertiary/aromatic N) is 1. The number of carbonyl (C=O) groups excluding carboxylic acids is 2. The summed E-state index contributed by atoms with van der Waals surface area (Å²) in [6, 6.07) is 15.7. The van der Waals surface area contributed by atoms with E-state index in [0.29, 0.717) is 44.0 Å². The molecule has 7 nitrogen and oxygen atoms in total. The van der Waals surface area contributed by atoms with Crippen LogP contribution in [-0.4, -0.2) is 53.0 Å². The summed E-state index contributed by atoms with van der Waals surface area (Å²) in [6.45, 7) is 1.58. The maximum absolute atomic E-state index is 13.0. The molecule has 0 unspecified atom stereocenters. The van der Waals surface area contributed by atoms with Crippen molar-refractivity contribution in [3.05, 3.63) is 66.0 Å². The maximum atomic E-state index is 13.0. The number of halogens is 1. The van der Waals surface area contributed by atoms with Crippen LogP contribution in [0.2, 0.25) is 0 Å². The fraction of sp³-hybridized carbons (Fsp3) is 0.375. The lowest BCUT2D eigenvalue weighted by atomic mass is 10.0. The summed E-state index contributed by atoms with van der Waals surface area (Å²) in [7, 11) is 0. The number of rotatable bonds is 7. The molecule has 0 aliphatic carbocycles. The molecule has 2 heterocycles. The Labute approximate surface area is 198 Å². The van der Waals surface area contributed by atoms with E-state index in [2.05, 4.69) is 26.2 Å². The summed E-state index contributed by atoms with van der Waals surface area (Å²) >= 11 is 5.44. The molecule has 2 aliphatic heterocycles.